The van der Waals surface area contributed by atoms with Gasteiger partial charge in [-0.1, -0.05) is 45.9 Å². The lowest BCUT2D eigenvalue weighted by molar-refractivity contribution is 0.112. The number of aldehydes is 1. The summed E-state index contributed by atoms with van der Waals surface area (Å²) < 4.78 is 0. The molecule has 3 nitrogen and oxygen atoms in total. The Hall–Kier alpha value is -1.77. The molecule has 1 aromatic heterocycles. The first-order valence-electron chi connectivity index (χ1n) is 6.75. The van der Waals surface area contributed by atoms with E-state index in [-0.39, 0.29) is 5.41 Å². The van der Waals surface area contributed by atoms with Crippen LogP contribution < -0.4 is 5.32 Å². The Labute approximate surface area is 114 Å². The fourth-order valence-corrected chi connectivity index (χ4v) is 1.95. The third-order valence-corrected chi connectivity index (χ3v) is 4.15. The first-order chi connectivity index (χ1) is 8.95. The van der Waals surface area contributed by atoms with Gasteiger partial charge in [0.15, 0.2) is 6.29 Å². The van der Waals surface area contributed by atoms with E-state index >= 15 is 0 Å². The largest absolute Gasteiger partial charge is 0.370 e. The van der Waals surface area contributed by atoms with Crippen molar-refractivity contribution in [2.45, 2.75) is 27.7 Å². The summed E-state index contributed by atoms with van der Waals surface area (Å²) in [7, 11) is 0. The molecule has 0 aliphatic heterocycles. The molecule has 0 atom stereocenters. The molecule has 2 aromatic rings. The minimum absolute atomic E-state index is 0.178. The maximum absolute atomic E-state index is 11.3. The number of rotatable bonds is 5. The second-order valence-corrected chi connectivity index (χ2v) is 6.07. The standard InChI is InChI=1S/C16H22N2O/c1-11(2)16(3,4)10-17-15-13(9-19)12-7-5-6-8-14(12)18-15/h5-9,11,17-18H,10H2,1-4H3. The van der Waals surface area contributed by atoms with Gasteiger partial charge in [0.2, 0.25) is 0 Å². The topological polar surface area (TPSA) is 44.9 Å². The van der Waals surface area contributed by atoms with Crippen molar-refractivity contribution in [2.24, 2.45) is 11.3 Å². The summed E-state index contributed by atoms with van der Waals surface area (Å²) >= 11 is 0. The molecule has 1 aromatic carbocycles. The highest BCUT2D eigenvalue weighted by Gasteiger charge is 2.22. The number of carbonyl (C=O) groups excluding carboxylic acids is 1. The molecule has 0 spiro atoms. The van der Waals surface area contributed by atoms with Crippen LogP contribution in [0.25, 0.3) is 10.9 Å². The number of anilines is 1. The Kier molecular flexibility index (Phi) is 3.65. The number of benzene rings is 1. The van der Waals surface area contributed by atoms with Crippen molar-refractivity contribution < 1.29 is 4.79 Å². The highest BCUT2D eigenvalue weighted by molar-refractivity contribution is 6.03. The van der Waals surface area contributed by atoms with Gasteiger partial charge < -0.3 is 10.3 Å². The highest BCUT2D eigenvalue weighted by atomic mass is 16.1. The van der Waals surface area contributed by atoms with Gasteiger partial charge in [-0.15, -0.1) is 0 Å². The number of hydrogen-bond donors (Lipinski definition) is 2. The van der Waals surface area contributed by atoms with E-state index in [4.69, 9.17) is 0 Å². The third-order valence-electron chi connectivity index (χ3n) is 4.15. The SMILES string of the molecule is CC(C)C(C)(C)CNc1[nH]c2ccccc2c1C=O. The molecule has 0 unspecified atom stereocenters. The summed E-state index contributed by atoms with van der Waals surface area (Å²) in [5.74, 6) is 1.40. The Morgan fingerprint density at radius 2 is 2.00 bits per heavy atom. The van der Waals surface area contributed by atoms with Gasteiger partial charge in [0.1, 0.15) is 5.82 Å². The molecule has 0 radical (unpaired) electrons. The number of aromatic amines is 1. The lowest BCUT2D eigenvalue weighted by atomic mass is 9.81. The summed E-state index contributed by atoms with van der Waals surface area (Å²) in [6.45, 7) is 9.72. The number of nitrogens with one attached hydrogen (secondary N) is 2. The number of carbonyl (C=O) groups is 1. The van der Waals surface area contributed by atoms with Gasteiger partial charge in [-0.2, -0.15) is 0 Å². The van der Waals surface area contributed by atoms with Crippen LogP contribution in [0.3, 0.4) is 0 Å². The summed E-state index contributed by atoms with van der Waals surface area (Å²) in [6.07, 6.45) is 0.920. The van der Waals surface area contributed by atoms with Crippen LogP contribution >= 0.6 is 0 Å². The van der Waals surface area contributed by atoms with Crippen LogP contribution in [0.1, 0.15) is 38.1 Å². The van der Waals surface area contributed by atoms with Crippen molar-refractivity contribution in [3.63, 3.8) is 0 Å². The van der Waals surface area contributed by atoms with E-state index in [1.165, 1.54) is 0 Å². The zero-order valence-electron chi connectivity index (χ0n) is 12.1. The van der Waals surface area contributed by atoms with E-state index < -0.39 is 0 Å². The van der Waals surface area contributed by atoms with Crippen LogP contribution in [0.5, 0.6) is 0 Å². The van der Waals surface area contributed by atoms with Gasteiger partial charge >= 0.3 is 0 Å². The van der Waals surface area contributed by atoms with Crippen LogP contribution in [0.15, 0.2) is 24.3 Å². The molecule has 0 amide bonds. The van der Waals surface area contributed by atoms with Crippen molar-refractivity contribution >= 4 is 23.0 Å². The molecule has 3 heteroatoms. The van der Waals surface area contributed by atoms with Crippen molar-refractivity contribution in [2.75, 3.05) is 11.9 Å². The maximum atomic E-state index is 11.3. The smallest absolute Gasteiger partial charge is 0.154 e. The Morgan fingerprint density at radius 3 is 2.63 bits per heavy atom. The summed E-state index contributed by atoms with van der Waals surface area (Å²) in [5.41, 5.74) is 1.89. The minimum atomic E-state index is 0.178. The van der Waals surface area contributed by atoms with E-state index in [0.29, 0.717) is 5.92 Å². The summed E-state index contributed by atoms with van der Waals surface area (Å²) in [4.78, 5) is 14.6. The molecule has 0 aliphatic rings. The van der Waals surface area contributed by atoms with E-state index in [1.54, 1.807) is 0 Å². The van der Waals surface area contributed by atoms with Gasteiger partial charge in [-0.25, -0.2) is 0 Å². The number of para-hydroxylation sites is 1. The Morgan fingerprint density at radius 1 is 1.32 bits per heavy atom. The van der Waals surface area contributed by atoms with Gasteiger partial charge in [0.25, 0.3) is 0 Å². The molecular formula is C16H22N2O. The van der Waals surface area contributed by atoms with Crippen LogP contribution in [0.2, 0.25) is 0 Å². The maximum Gasteiger partial charge on any atom is 0.154 e. The normalized spacial score (nSPS) is 12.1. The molecule has 0 saturated carbocycles. The quantitative estimate of drug-likeness (QED) is 0.794. The highest BCUT2D eigenvalue weighted by Crippen LogP contribution is 2.29. The molecular weight excluding hydrogens is 236 g/mol. The van der Waals surface area contributed by atoms with Crippen molar-refractivity contribution in [1.29, 1.82) is 0 Å². The zero-order valence-corrected chi connectivity index (χ0v) is 12.1. The van der Waals surface area contributed by atoms with Crippen LogP contribution in [-0.2, 0) is 0 Å². The monoisotopic (exact) mass is 258 g/mol. The Balaban J connectivity index is 2.28. The summed E-state index contributed by atoms with van der Waals surface area (Å²) in [5, 5.41) is 4.36. The number of hydrogen-bond acceptors (Lipinski definition) is 2. The average molecular weight is 258 g/mol. The molecule has 0 aliphatic carbocycles. The van der Waals surface area contributed by atoms with Gasteiger partial charge in [0.05, 0.1) is 5.56 Å². The fraction of sp³-hybridized carbons (Fsp3) is 0.438. The number of fused-ring (bicyclic) bond motifs is 1. The van der Waals surface area contributed by atoms with Crippen LogP contribution in [0.4, 0.5) is 5.82 Å². The zero-order chi connectivity index (χ0) is 14.0. The lowest BCUT2D eigenvalue weighted by Gasteiger charge is -2.29. The minimum Gasteiger partial charge on any atom is -0.370 e. The second-order valence-electron chi connectivity index (χ2n) is 6.07. The van der Waals surface area contributed by atoms with Gasteiger partial charge in [-0.3, -0.25) is 4.79 Å². The predicted octanol–water partition coefficient (Wildman–Crippen LogP) is 4.07. The second kappa shape index (κ2) is 5.08. The van der Waals surface area contributed by atoms with E-state index in [9.17, 15) is 4.79 Å². The van der Waals surface area contributed by atoms with Gasteiger partial charge in [-0.05, 0) is 17.4 Å². The van der Waals surface area contributed by atoms with Crippen LogP contribution in [0, 0.1) is 11.3 Å². The molecule has 19 heavy (non-hydrogen) atoms. The van der Waals surface area contributed by atoms with Crippen molar-refractivity contribution in [3.05, 3.63) is 29.8 Å². The third kappa shape index (κ3) is 2.65. The molecule has 1 heterocycles. The van der Waals surface area contributed by atoms with E-state index in [1.807, 2.05) is 24.3 Å². The average Bonchev–Trinajstić information content (AvgIpc) is 2.73. The summed E-state index contributed by atoms with van der Waals surface area (Å²) in [6, 6.07) is 7.87. The predicted molar refractivity (Wildman–Crippen MR) is 80.8 cm³/mol. The van der Waals surface area contributed by atoms with Gasteiger partial charge in [0, 0.05) is 17.4 Å². The van der Waals surface area contributed by atoms with E-state index in [2.05, 4.69) is 38.0 Å². The van der Waals surface area contributed by atoms with Crippen molar-refractivity contribution in [3.8, 4) is 0 Å². The lowest BCUT2D eigenvalue weighted by Crippen LogP contribution is -2.28. The Bertz CT molecular complexity index is 581. The first-order valence-corrected chi connectivity index (χ1v) is 6.75. The number of H-pyrrole nitrogens is 1. The molecule has 0 saturated heterocycles. The molecule has 0 bridgehead atoms. The van der Waals surface area contributed by atoms with Crippen molar-refractivity contribution in [1.82, 2.24) is 4.98 Å². The molecule has 0 fully saturated rings. The fourth-order valence-electron chi connectivity index (χ4n) is 1.95. The molecule has 2 rings (SSSR count). The number of aromatic nitrogens is 1. The molecule has 2 N–H and O–H groups in total. The van der Waals surface area contributed by atoms with E-state index in [0.717, 1.165) is 35.1 Å². The first kappa shape index (κ1) is 13.7. The molecule has 102 valence electrons. The van der Waals surface area contributed by atoms with Crippen LogP contribution in [-0.4, -0.2) is 17.8 Å².